The molecule has 0 radical (unpaired) electrons. The number of hydrogen-bond donors (Lipinski definition) is 2. The fourth-order valence-electron chi connectivity index (χ4n) is 3.00. The number of nitrogens with one attached hydrogen (secondary N) is 1. The van der Waals surface area contributed by atoms with Crippen LogP contribution in [-0.2, 0) is 16.1 Å². The van der Waals surface area contributed by atoms with E-state index < -0.39 is 12.0 Å². The van der Waals surface area contributed by atoms with Crippen LogP contribution in [0.5, 0.6) is 0 Å². The number of benzene rings is 1. The fraction of sp³-hybridized carbons (Fsp3) is 0.368. The van der Waals surface area contributed by atoms with Gasteiger partial charge in [-0.05, 0) is 24.6 Å². The van der Waals surface area contributed by atoms with E-state index in [9.17, 15) is 14.7 Å². The van der Waals surface area contributed by atoms with E-state index in [0.29, 0.717) is 18.8 Å². The second-order valence-corrected chi connectivity index (χ2v) is 6.42. The fourth-order valence-corrected chi connectivity index (χ4v) is 3.00. The van der Waals surface area contributed by atoms with Crippen LogP contribution in [0.3, 0.4) is 0 Å². The first-order valence-corrected chi connectivity index (χ1v) is 8.34. The zero-order valence-electron chi connectivity index (χ0n) is 14.1. The van der Waals surface area contributed by atoms with Gasteiger partial charge in [0.2, 0.25) is 11.8 Å². The number of furan rings is 1. The van der Waals surface area contributed by atoms with Gasteiger partial charge in [0.1, 0.15) is 11.8 Å². The predicted octanol–water partition coefficient (Wildman–Crippen LogP) is 1.79. The van der Waals surface area contributed by atoms with E-state index in [1.807, 2.05) is 31.2 Å². The molecule has 0 spiro atoms. The second kappa shape index (κ2) is 7.53. The molecule has 2 heterocycles. The van der Waals surface area contributed by atoms with E-state index >= 15 is 0 Å². The third kappa shape index (κ3) is 4.09. The van der Waals surface area contributed by atoms with Crippen molar-refractivity contribution in [1.29, 1.82) is 0 Å². The van der Waals surface area contributed by atoms with E-state index in [1.54, 1.807) is 17.0 Å². The van der Waals surface area contributed by atoms with Crippen LogP contribution in [0, 0.1) is 12.8 Å². The number of likely N-dealkylation sites (tertiary alicyclic amines) is 1. The number of aliphatic hydroxyl groups is 1. The van der Waals surface area contributed by atoms with Crippen molar-refractivity contribution in [3.05, 3.63) is 59.5 Å². The van der Waals surface area contributed by atoms with Crippen LogP contribution < -0.4 is 5.32 Å². The minimum Gasteiger partial charge on any atom is -0.467 e. The quantitative estimate of drug-likeness (QED) is 0.838. The van der Waals surface area contributed by atoms with Gasteiger partial charge in [0, 0.05) is 19.5 Å². The Kier molecular flexibility index (Phi) is 5.19. The molecule has 6 nitrogen and oxygen atoms in total. The molecule has 1 saturated heterocycles. The summed E-state index contributed by atoms with van der Waals surface area (Å²) in [6.45, 7) is 2.65. The lowest BCUT2D eigenvalue weighted by molar-refractivity contribution is -0.129. The van der Waals surface area contributed by atoms with Gasteiger partial charge in [-0.1, -0.05) is 29.8 Å². The van der Waals surface area contributed by atoms with E-state index in [-0.39, 0.29) is 24.8 Å². The van der Waals surface area contributed by atoms with Crippen LogP contribution in [0.25, 0.3) is 0 Å². The summed E-state index contributed by atoms with van der Waals surface area (Å²) in [4.78, 5) is 26.4. The van der Waals surface area contributed by atoms with Gasteiger partial charge in [-0.2, -0.15) is 0 Å². The molecular formula is C19H22N2O4. The first-order chi connectivity index (χ1) is 12.1. The van der Waals surface area contributed by atoms with Crippen LogP contribution in [0.4, 0.5) is 0 Å². The van der Waals surface area contributed by atoms with Crippen LogP contribution in [-0.4, -0.2) is 35.0 Å². The average Bonchev–Trinajstić information content (AvgIpc) is 3.25. The van der Waals surface area contributed by atoms with Crippen molar-refractivity contribution in [2.45, 2.75) is 25.9 Å². The summed E-state index contributed by atoms with van der Waals surface area (Å²) in [5, 5.41) is 12.2. The number of aryl methyl sites for hydroxylation is 1. The van der Waals surface area contributed by atoms with Crippen molar-refractivity contribution in [1.82, 2.24) is 10.2 Å². The van der Waals surface area contributed by atoms with Crippen molar-refractivity contribution >= 4 is 11.8 Å². The Morgan fingerprint density at radius 2 is 2.12 bits per heavy atom. The molecule has 2 aromatic rings. The lowest BCUT2D eigenvalue weighted by Crippen LogP contribution is -2.36. The lowest BCUT2D eigenvalue weighted by Gasteiger charge is -2.18. The van der Waals surface area contributed by atoms with Crippen molar-refractivity contribution in [3.8, 4) is 0 Å². The third-order valence-corrected chi connectivity index (χ3v) is 4.47. The summed E-state index contributed by atoms with van der Waals surface area (Å²) in [5.41, 5.74) is 2.21. The highest BCUT2D eigenvalue weighted by Gasteiger charge is 2.35. The minimum absolute atomic E-state index is 0.0285. The highest BCUT2D eigenvalue weighted by atomic mass is 16.3. The van der Waals surface area contributed by atoms with E-state index in [4.69, 9.17) is 4.42 Å². The van der Waals surface area contributed by atoms with Crippen LogP contribution in [0.2, 0.25) is 0 Å². The van der Waals surface area contributed by atoms with Gasteiger partial charge in [-0.25, -0.2) is 0 Å². The molecule has 25 heavy (non-hydrogen) atoms. The molecule has 3 rings (SSSR count). The number of rotatable bonds is 6. The Bertz CT molecular complexity index is 724. The van der Waals surface area contributed by atoms with Crippen LogP contribution >= 0.6 is 0 Å². The SMILES string of the molecule is Cc1ccc(CN2CC(C(=O)NC(CO)c3ccco3)CC2=O)cc1. The maximum atomic E-state index is 12.5. The zero-order chi connectivity index (χ0) is 17.8. The molecule has 2 unspecified atom stereocenters. The molecule has 132 valence electrons. The largest absolute Gasteiger partial charge is 0.467 e. The summed E-state index contributed by atoms with van der Waals surface area (Å²) in [6, 6.07) is 10.8. The monoisotopic (exact) mass is 342 g/mol. The van der Waals surface area contributed by atoms with Gasteiger partial charge in [0.15, 0.2) is 0 Å². The number of nitrogens with zero attached hydrogens (tertiary/aromatic N) is 1. The lowest BCUT2D eigenvalue weighted by atomic mass is 10.1. The van der Waals surface area contributed by atoms with Gasteiger partial charge >= 0.3 is 0 Å². The van der Waals surface area contributed by atoms with E-state index in [2.05, 4.69) is 5.32 Å². The first kappa shape index (κ1) is 17.2. The highest BCUT2D eigenvalue weighted by Crippen LogP contribution is 2.22. The molecule has 1 aromatic carbocycles. The van der Waals surface area contributed by atoms with Gasteiger partial charge in [-0.15, -0.1) is 0 Å². The Balaban J connectivity index is 1.59. The molecule has 0 bridgehead atoms. The molecule has 2 N–H and O–H groups in total. The number of amides is 2. The molecule has 1 fully saturated rings. The topological polar surface area (TPSA) is 82.8 Å². The van der Waals surface area contributed by atoms with Crippen LogP contribution in [0.1, 0.15) is 29.3 Å². The third-order valence-electron chi connectivity index (χ3n) is 4.47. The van der Waals surface area contributed by atoms with Gasteiger partial charge in [0.25, 0.3) is 0 Å². The Morgan fingerprint density at radius 3 is 2.76 bits per heavy atom. The maximum absolute atomic E-state index is 12.5. The summed E-state index contributed by atoms with van der Waals surface area (Å²) in [6.07, 6.45) is 1.68. The Hall–Kier alpha value is -2.60. The van der Waals surface area contributed by atoms with Crippen molar-refractivity contribution < 1.29 is 19.1 Å². The molecule has 1 aliphatic rings. The summed E-state index contributed by atoms with van der Waals surface area (Å²) >= 11 is 0. The Morgan fingerprint density at radius 1 is 1.36 bits per heavy atom. The molecular weight excluding hydrogens is 320 g/mol. The summed E-state index contributed by atoms with van der Waals surface area (Å²) in [5.74, 6) is -0.187. The van der Waals surface area contributed by atoms with Crippen LogP contribution in [0.15, 0.2) is 47.1 Å². The number of carbonyl (C=O) groups is 2. The standard InChI is InChI=1S/C19H22N2O4/c1-13-4-6-14(7-5-13)10-21-11-15(9-18(21)23)19(24)20-16(12-22)17-3-2-8-25-17/h2-8,15-16,22H,9-12H2,1H3,(H,20,24). The molecule has 0 aliphatic carbocycles. The van der Waals surface area contributed by atoms with Gasteiger partial charge in [0.05, 0.1) is 18.8 Å². The van der Waals surface area contributed by atoms with E-state index in [1.165, 1.54) is 11.8 Å². The maximum Gasteiger partial charge on any atom is 0.226 e. The van der Waals surface area contributed by atoms with Crippen molar-refractivity contribution in [2.24, 2.45) is 5.92 Å². The molecule has 1 aliphatic heterocycles. The normalized spacial score (nSPS) is 18.4. The minimum atomic E-state index is -0.594. The number of hydrogen-bond acceptors (Lipinski definition) is 4. The molecule has 2 atom stereocenters. The Labute approximate surface area is 146 Å². The zero-order valence-corrected chi connectivity index (χ0v) is 14.1. The predicted molar refractivity (Wildman–Crippen MR) is 91.4 cm³/mol. The summed E-state index contributed by atoms with van der Waals surface area (Å²) in [7, 11) is 0. The first-order valence-electron chi connectivity index (χ1n) is 8.34. The molecule has 0 saturated carbocycles. The molecule has 6 heteroatoms. The second-order valence-electron chi connectivity index (χ2n) is 6.42. The molecule has 2 amide bonds. The van der Waals surface area contributed by atoms with Crippen molar-refractivity contribution in [3.63, 3.8) is 0 Å². The summed E-state index contributed by atoms with van der Waals surface area (Å²) < 4.78 is 5.23. The van der Waals surface area contributed by atoms with Gasteiger partial charge in [-0.3, -0.25) is 9.59 Å². The van der Waals surface area contributed by atoms with E-state index in [0.717, 1.165) is 5.56 Å². The van der Waals surface area contributed by atoms with Gasteiger partial charge < -0.3 is 19.7 Å². The smallest absolute Gasteiger partial charge is 0.226 e. The molecule has 1 aromatic heterocycles. The highest BCUT2D eigenvalue weighted by molar-refractivity contribution is 5.89. The average molecular weight is 342 g/mol. The number of carbonyl (C=O) groups excluding carboxylic acids is 2. The number of aliphatic hydroxyl groups excluding tert-OH is 1. The van der Waals surface area contributed by atoms with Crippen molar-refractivity contribution in [2.75, 3.05) is 13.2 Å².